The summed E-state index contributed by atoms with van der Waals surface area (Å²) in [5, 5.41) is 9.38. The molecule has 1 rings (SSSR count). The van der Waals surface area contributed by atoms with E-state index in [2.05, 4.69) is 41.7 Å². The quantitative estimate of drug-likeness (QED) is 0.370. The van der Waals surface area contributed by atoms with Crippen LogP contribution in [0, 0.1) is 0 Å². The number of aliphatic imine (C=N–C) groups is 1. The maximum atomic E-state index is 11.7. The summed E-state index contributed by atoms with van der Waals surface area (Å²) >= 11 is 0. The number of hydrogen-bond acceptors (Lipinski definition) is 2. The van der Waals surface area contributed by atoms with Gasteiger partial charge >= 0.3 is 0 Å². The van der Waals surface area contributed by atoms with Crippen molar-refractivity contribution >= 4 is 11.9 Å². The molecular formula is C19H32N4O. The van der Waals surface area contributed by atoms with E-state index in [1.807, 2.05) is 24.3 Å². The third kappa shape index (κ3) is 7.49. The normalized spacial score (nSPS) is 12.6. The van der Waals surface area contributed by atoms with E-state index in [-0.39, 0.29) is 5.91 Å². The molecule has 1 aromatic carbocycles. The first-order valence-electron chi connectivity index (χ1n) is 8.96. The lowest BCUT2D eigenvalue weighted by Crippen LogP contribution is -2.42. The maximum absolute atomic E-state index is 11.7. The average Bonchev–Trinajstić information content (AvgIpc) is 2.59. The van der Waals surface area contributed by atoms with Gasteiger partial charge in [-0.2, -0.15) is 0 Å². The third-order valence-electron chi connectivity index (χ3n) is 3.80. The molecule has 0 spiro atoms. The lowest BCUT2D eigenvalue weighted by molar-refractivity contribution is 0.0963. The Hall–Kier alpha value is -2.04. The van der Waals surface area contributed by atoms with E-state index in [1.54, 1.807) is 7.05 Å². The van der Waals surface area contributed by atoms with Gasteiger partial charge in [-0.1, -0.05) is 38.3 Å². The van der Waals surface area contributed by atoms with Gasteiger partial charge in [0.25, 0.3) is 5.91 Å². The number of rotatable bonds is 9. The Morgan fingerprint density at radius 1 is 1.25 bits per heavy atom. The van der Waals surface area contributed by atoms with Gasteiger partial charge in [0, 0.05) is 25.2 Å². The van der Waals surface area contributed by atoms with E-state index in [0.717, 1.165) is 24.5 Å². The molecule has 0 bridgehead atoms. The number of guanidine groups is 1. The monoisotopic (exact) mass is 332 g/mol. The first-order valence-corrected chi connectivity index (χ1v) is 8.96. The summed E-state index contributed by atoms with van der Waals surface area (Å²) in [5.41, 5.74) is 1.68. The number of nitrogens with one attached hydrogen (secondary N) is 3. The van der Waals surface area contributed by atoms with Crippen LogP contribution in [0.15, 0.2) is 29.3 Å². The highest BCUT2D eigenvalue weighted by atomic mass is 16.1. The molecule has 0 aliphatic carbocycles. The fourth-order valence-electron chi connectivity index (χ4n) is 2.45. The highest BCUT2D eigenvalue weighted by Gasteiger charge is 2.06. The molecule has 0 aromatic heterocycles. The van der Waals surface area contributed by atoms with Gasteiger partial charge < -0.3 is 16.0 Å². The molecule has 1 atom stereocenters. The molecule has 0 saturated heterocycles. The molecule has 0 heterocycles. The van der Waals surface area contributed by atoms with Gasteiger partial charge in [-0.05, 0) is 38.0 Å². The Bertz CT molecular complexity index is 528. The summed E-state index contributed by atoms with van der Waals surface area (Å²) in [7, 11) is 1.64. The second kappa shape index (κ2) is 11.5. The zero-order valence-electron chi connectivity index (χ0n) is 15.5. The minimum Gasteiger partial charge on any atom is -0.357 e. The lowest BCUT2D eigenvalue weighted by atomic mass is 10.1. The number of unbranched alkanes of at least 4 members (excludes halogenated alkanes) is 2. The number of nitrogens with zero attached hydrogens (tertiary/aromatic N) is 1. The molecule has 1 unspecified atom stereocenters. The Morgan fingerprint density at radius 2 is 2.04 bits per heavy atom. The lowest BCUT2D eigenvalue weighted by Gasteiger charge is -2.17. The summed E-state index contributed by atoms with van der Waals surface area (Å²) in [6, 6.07) is 7.97. The van der Waals surface area contributed by atoms with Crippen molar-refractivity contribution in [2.24, 2.45) is 4.99 Å². The van der Waals surface area contributed by atoms with Crippen molar-refractivity contribution in [3.05, 3.63) is 35.4 Å². The zero-order valence-corrected chi connectivity index (χ0v) is 15.5. The molecular weight excluding hydrogens is 300 g/mol. The summed E-state index contributed by atoms with van der Waals surface area (Å²) < 4.78 is 0. The van der Waals surface area contributed by atoms with E-state index in [9.17, 15) is 4.79 Å². The molecule has 5 heteroatoms. The average molecular weight is 332 g/mol. The van der Waals surface area contributed by atoms with Crippen molar-refractivity contribution in [2.45, 2.75) is 59.0 Å². The Kier molecular flexibility index (Phi) is 9.58. The molecule has 0 radical (unpaired) electrons. The predicted molar refractivity (Wildman–Crippen MR) is 101 cm³/mol. The Morgan fingerprint density at radius 3 is 2.71 bits per heavy atom. The largest absolute Gasteiger partial charge is 0.357 e. The van der Waals surface area contributed by atoms with Gasteiger partial charge in [0.15, 0.2) is 5.96 Å². The second-order valence-electron chi connectivity index (χ2n) is 6.02. The molecule has 1 amide bonds. The van der Waals surface area contributed by atoms with E-state index in [4.69, 9.17) is 0 Å². The van der Waals surface area contributed by atoms with Crippen molar-refractivity contribution in [1.29, 1.82) is 0 Å². The topological polar surface area (TPSA) is 65.5 Å². The third-order valence-corrected chi connectivity index (χ3v) is 3.80. The van der Waals surface area contributed by atoms with E-state index < -0.39 is 0 Å². The summed E-state index contributed by atoms with van der Waals surface area (Å²) in [6.07, 6.45) is 4.89. The van der Waals surface area contributed by atoms with Crippen LogP contribution in [-0.2, 0) is 6.54 Å². The molecule has 0 fully saturated rings. The fourth-order valence-corrected chi connectivity index (χ4v) is 2.45. The van der Waals surface area contributed by atoms with Crippen LogP contribution in [0.2, 0.25) is 0 Å². The van der Waals surface area contributed by atoms with Crippen LogP contribution in [0.4, 0.5) is 0 Å². The molecule has 0 aliphatic heterocycles. The van der Waals surface area contributed by atoms with Crippen LogP contribution < -0.4 is 16.0 Å². The minimum absolute atomic E-state index is 0.0737. The smallest absolute Gasteiger partial charge is 0.251 e. The van der Waals surface area contributed by atoms with Crippen LogP contribution in [-0.4, -0.2) is 31.5 Å². The van der Waals surface area contributed by atoms with Gasteiger partial charge in [0.1, 0.15) is 0 Å². The molecule has 1 aromatic rings. The molecule has 134 valence electrons. The van der Waals surface area contributed by atoms with Crippen molar-refractivity contribution in [1.82, 2.24) is 16.0 Å². The second-order valence-corrected chi connectivity index (χ2v) is 6.02. The van der Waals surface area contributed by atoms with Gasteiger partial charge in [0.05, 0.1) is 6.54 Å². The number of amides is 1. The molecule has 3 N–H and O–H groups in total. The minimum atomic E-state index is -0.0737. The summed E-state index contributed by atoms with van der Waals surface area (Å²) in [6.45, 7) is 7.84. The van der Waals surface area contributed by atoms with Gasteiger partial charge in [-0.25, -0.2) is 4.99 Å². The SMILES string of the molecule is CCCCCC(C)NC(=NCc1cccc(C(=O)NC)c1)NCC. The molecule has 0 aliphatic rings. The van der Waals surface area contributed by atoms with Crippen LogP contribution in [0.5, 0.6) is 0 Å². The van der Waals surface area contributed by atoms with Crippen molar-refractivity contribution in [3.63, 3.8) is 0 Å². The Balaban J connectivity index is 2.66. The van der Waals surface area contributed by atoms with Gasteiger partial charge in [0.2, 0.25) is 0 Å². The molecule has 24 heavy (non-hydrogen) atoms. The van der Waals surface area contributed by atoms with E-state index in [1.165, 1.54) is 19.3 Å². The summed E-state index contributed by atoms with van der Waals surface area (Å²) in [4.78, 5) is 16.3. The Labute approximate surface area is 146 Å². The number of carbonyl (C=O) groups excluding carboxylic acids is 1. The molecule has 5 nitrogen and oxygen atoms in total. The zero-order chi connectivity index (χ0) is 17.8. The van der Waals surface area contributed by atoms with Crippen LogP contribution in [0.25, 0.3) is 0 Å². The maximum Gasteiger partial charge on any atom is 0.251 e. The predicted octanol–water partition coefficient (Wildman–Crippen LogP) is 3.07. The van der Waals surface area contributed by atoms with Crippen LogP contribution >= 0.6 is 0 Å². The first-order chi connectivity index (χ1) is 11.6. The fraction of sp³-hybridized carbons (Fsp3) is 0.579. The van der Waals surface area contributed by atoms with Crippen molar-refractivity contribution in [3.8, 4) is 0 Å². The van der Waals surface area contributed by atoms with E-state index in [0.29, 0.717) is 18.2 Å². The van der Waals surface area contributed by atoms with Gasteiger partial charge in [-0.3, -0.25) is 4.79 Å². The highest BCUT2D eigenvalue weighted by molar-refractivity contribution is 5.94. The number of carbonyl (C=O) groups is 1. The van der Waals surface area contributed by atoms with E-state index >= 15 is 0 Å². The summed E-state index contributed by atoms with van der Waals surface area (Å²) in [5.74, 6) is 0.752. The van der Waals surface area contributed by atoms with Crippen molar-refractivity contribution < 1.29 is 4.79 Å². The van der Waals surface area contributed by atoms with Gasteiger partial charge in [-0.15, -0.1) is 0 Å². The number of hydrogen-bond donors (Lipinski definition) is 3. The first kappa shape index (κ1) is 20.0. The van der Waals surface area contributed by atoms with Crippen LogP contribution in [0.1, 0.15) is 62.4 Å². The number of benzene rings is 1. The molecule has 0 saturated carbocycles. The van der Waals surface area contributed by atoms with Crippen molar-refractivity contribution in [2.75, 3.05) is 13.6 Å². The van der Waals surface area contributed by atoms with Crippen LogP contribution in [0.3, 0.4) is 0 Å². The standard InChI is InChI=1S/C19H32N4O/c1-5-7-8-10-15(3)23-19(21-6-2)22-14-16-11-9-12-17(13-16)18(24)20-4/h9,11-13,15H,5-8,10,14H2,1-4H3,(H,20,24)(H2,21,22,23). The highest BCUT2D eigenvalue weighted by Crippen LogP contribution is 2.07.